The van der Waals surface area contributed by atoms with E-state index in [0.717, 1.165) is 5.56 Å². The van der Waals surface area contributed by atoms with E-state index in [9.17, 15) is 9.59 Å². The van der Waals surface area contributed by atoms with E-state index < -0.39 is 18.4 Å². The molecule has 0 N–H and O–H groups in total. The summed E-state index contributed by atoms with van der Waals surface area (Å²) in [5.74, 6) is -0.322. The maximum absolute atomic E-state index is 12.8. The maximum Gasteiger partial charge on any atom is 0.327 e. The van der Waals surface area contributed by atoms with Crippen LogP contribution in [0.1, 0.15) is 25.5 Å². The molecule has 3 rings (SSSR count). The molecule has 136 valence electrons. The summed E-state index contributed by atoms with van der Waals surface area (Å²) in [4.78, 5) is 28.4. The summed E-state index contributed by atoms with van der Waals surface area (Å²) in [6.07, 6.45) is -1.22. The van der Waals surface area contributed by atoms with Crippen LogP contribution in [0.3, 0.4) is 0 Å². The van der Waals surface area contributed by atoms with Crippen molar-refractivity contribution in [3.05, 3.63) is 35.9 Å². The van der Waals surface area contributed by atoms with Gasteiger partial charge < -0.3 is 19.1 Å². The Labute approximate surface area is 147 Å². The Balaban J connectivity index is 1.79. The molecule has 2 heterocycles. The molecule has 0 bridgehead atoms. The SMILES string of the molecule is CCOC(C)O[C@H]1C(=O)N(C(=O)N2CCOCC2)[C@H]1c1ccccc1. The normalized spacial score (nSPS) is 24.8. The van der Waals surface area contributed by atoms with Crippen LogP contribution in [0.25, 0.3) is 0 Å². The van der Waals surface area contributed by atoms with Crippen LogP contribution >= 0.6 is 0 Å². The van der Waals surface area contributed by atoms with Gasteiger partial charge in [-0.05, 0) is 19.4 Å². The number of morpholine rings is 1. The molecule has 0 radical (unpaired) electrons. The highest BCUT2D eigenvalue weighted by Gasteiger charge is 2.54. The third kappa shape index (κ3) is 3.68. The van der Waals surface area contributed by atoms with Gasteiger partial charge >= 0.3 is 6.03 Å². The number of likely N-dealkylation sites (tertiary alicyclic amines) is 1. The number of hydrogen-bond acceptors (Lipinski definition) is 5. The standard InChI is InChI=1S/C18H24N2O5/c1-3-24-13(2)25-16-15(14-7-5-4-6-8-14)20(17(16)21)18(22)19-9-11-23-12-10-19/h4-8,13,15-16H,3,9-12H2,1-2H3/t13?,15-,16+/m0/s1. The van der Waals surface area contributed by atoms with Crippen molar-refractivity contribution in [2.45, 2.75) is 32.3 Å². The first-order chi connectivity index (χ1) is 12.1. The molecular formula is C18H24N2O5. The lowest BCUT2D eigenvalue weighted by Crippen LogP contribution is -2.65. The van der Waals surface area contributed by atoms with Crippen molar-refractivity contribution in [2.24, 2.45) is 0 Å². The summed E-state index contributed by atoms with van der Waals surface area (Å²) in [6, 6.07) is 8.75. The second-order valence-electron chi connectivity index (χ2n) is 6.03. The monoisotopic (exact) mass is 348 g/mol. The molecule has 3 atom stereocenters. The molecule has 0 aliphatic carbocycles. The fraction of sp³-hybridized carbons (Fsp3) is 0.556. The lowest BCUT2D eigenvalue weighted by Gasteiger charge is -2.47. The number of carbonyl (C=O) groups excluding carboxylic acids is 2. The zero-order valence-corrected chi connectivity index (χ0v) is 14.6. The van der Waals surface area contributed by atoms with E-state index in [1.54, 1.807) is 11.8 Å². The van der Waals surface area contributed by atoms with E-state index in [1.807, 2.05) is 37.3 Å². The van der Waals surface area contributed by atoms with Crippen LogP contribution in [-0.4, -0.2) is 67.0 Å². The lowest BCUT2D eigenvalue weighted by atomic mass is 9.91. The number of urea groups is 1. The van der Waals surface area contributed by atoms with Gasteiger partial charge in [0.05, 0.1) is 13.2 Å². The van der Waals surface area contributed by atoms with Gasteiger partial charge in [-0.2, -0.15) is 0 Å². The average molecular weight is 348 g/mol. The highest BCUT2D eigenvalue weighted by Crippen LogP contribution is 2.38. The Morgan fingerprint density at radius 3 is 2.60 bits per heavy atom. The van der Waals surface area contributed by atoms with Crippen molar-refractivity contribution in [1.82, 2.24) is 9.80 Å². The quantitative estimate of drug-likeness (QED) is 0.599. The minimum Gasteiger partial charge on any atom is -0.378 e. The van der Waals surface area contributed by atoms with Gasteiger partial charge in [0.25, 0.3) is 5.91 Å². The van der Waals surface area contributed by atoms with E-state index in [2.05, 4.69) is 0 Å². The molecular weight excluding hydrogens is 324 g/mol. The van der Waals surface area contributed by atoms with Crippen molar-refractivity contribution in [3.8, 4) is 0 Å². The molecule has 0 spiro atoms. The van der Waals surface area contributed by atoms with E-state index in [1.165, 1.54) is 4.90 Å². The van der Waals surface area contributed by atoms with Crippen LogP contribution in [0.15, 0.2) is 30.3 Å². The number of nitrogens with zero attached hydrogens (tertiary/aromatic N) is 2. The summed E-state index contributed by atoms with van der Waals surface area (Å²) >= 11 is 0. The van der Waals surface area contributed by atoms with Crippen LogP contribution < -0.4 is 0 Å². The molecule has 1 aromatic carbocycles. The van der Waals surface area contributed by atoms with E-state index in [0.29, 0.717) is 32.9 Å². The van der Waals surface area contributed by atoms with Crippen molar-refractivity contribution < 1.29 is 23.8 Å². The summed E-state index contributed by atoms with van der Waals surface area (Å²) < 4.78 is 16.4. The Hall–Kier alpha value is -1.96. The number of ether oxygens (including phenoxy) is 3. The van der Waals surface area contributed by atoms with Crippen LogP contribution in [0.2, 0.25) is 0 Å². The second-order valence-corrected chi connectivity index (χ2v) is 6.03. The number of imide groups is 1. The minimum atomic E-state index is -0.714. The van der Waals surface area contributed by atoms with Crippen molar-refractivity contribution in [3.63, 3.8) is 0 Å². The first-order valence-corrected chi connectivity index (χ1v) is 8.65. The zero-order valence-electron chi connectivity index (χ0n) is 14.6. The first-order valence-electron chi connectivity index (χ1n) is 8.65. The highest BCUT2D eigenvalue weighted by atomic mass is 16.7. The van der Waals surface area contributed by atoms with Gasteiger partial charge in [-0.1, -0.05) is 30.3 Å². The fourth-order valence-corrected chi connectivity index (χ4v) is 3.17. The maximum atomic E-state index is 12.8. The fourth-order valence-electron chi connectivity index (χ4n) is 3.17. The number of benzene rings is 1. The van der Waals surface area contributed by atoms with Crippen LogP contribution in [0.5, 0.6) is 0 Å². The molecule has 2 aliphatic rings. The van der Waals surface area contributed by atoms with Crippen molar-refractivity contribution in [2.75, 3.05) is 32.9 Å². The Kier molecular flexibility index (Phi) is 5.67. The topological polar surface area (TPSA) is 68.3 Å². The van der Waals surface area contributed by atoms with Gasteiger partial charge in [-0.15, -0.1) is 0 Å². The van der Waals surface area contributed by atoms with Gasteiger partial charge in [0.1, 0.15) is 6.04 Å². The van der Waals surface area contributed by atoms with Crippen LogP contribution in [0, 0.1) is 0 Å². The first kappa shape index (κ1) is 17.8. The number of hydrogen-bond donors (Lipinski definition) is 0. The zero-order chi connectivity index (χ0) is 17.8. The highest BCUT2D eigenvalue weighted by molar-refractivity contribution is 6.03. The van der Waals surface area contributed by atoms with Gasteiger partial charge in [0.15, 0.2) is 12.4 Å². The third-order valence-electron chi connectivity index (χ3n) is 4.41. The summed E-state index contributed by atoms with van der Waals surface area (Å²) in [5.41, 5.74) is 0.873. The number of carbonyl (C=O) groups is 2. The number of β-lactam (4-membered cyclic amide) rings is 1. The van der Waals surface area contributed by atoms with Crippen molar-refractivity contribution >= 4 is 11.9 Å². The Bertz CT molecular complexity index is 603. The smallest absolute Gasteiger partial charge is 0.327 e. The minimum absolute atomic E-state index is 0.286. The summed E-state index contributed by atoms with van der Waals surface area (Å²) in [7, 11) is 0. The van der Waals surface area contributed by atoms with Crippen LogP contribution in [0.4, 0.5) is 4.79 Å². The van der Waals surface area contributed by atoms with E-state index in [-0.39, 0.29) is 11.9 Å². The van der Waals surface area contributed by atoms with E-state index in [4.69, 9.17) is 14.2 Å². The Morgan fingerprint density at radius 1 is 1.28 bits per heavy atom. The summed E-state index contributed by atoms with van der Waals surface area (Å²) in [6.45, 7) is 6.08. The van der Waals surface area contributed by atoms with Gasteiger partial charge in [0, 0.05) is 19.7 Å². The predicted octanol–water partition coefficient (Wildman–Crippen LogP) is 1.79. The molecule has 7 nitrogen and oxygen atoms in total. The molecule has 2 fully saturated rings. The van der Waals surface area contributed by atoms with E-state index >= 15 is 0 Å². The summed E-state index contributed by atoms with van der Waals surface area (Å²) in [5, 5.41) is 0. The van der Waals surface area contributed by atoms with Crippen molar-refractivity contribution in [1.29, 1.82) is 0 Å². The molecule has 1 unspecified atom stereocenters. The molecule has 1 aromatic rings. The van der Waals surface area contributed by atoms with Crippen LogP contribution in [-0.2, 0) is 19.0 Å². The molecule has 7 heteroatoms. The number of rotatable bonds is 5. The second kappa shape index (κ2) is 7.95. The number of amides is 3. The van der Waals surface area contributed by atoms with Gasteiger partial charge in [-0.25, -0.2) is 4.79 Å². The average Bonchev–Trinajstić information content (AvgIpc) is 2.65. The largest absolute Gasteiger partial charge is 0.378 e. The lowest BCUT2D eigenvalue weighted by molar-refractivity contribution is -0.209. The molecule has 0 aromatic heterocycles. The van der Waals surface area contributed by atoms with Gasteiger partial charge in [-0.3, -0.25) is 9.69 Å². The van der Waals surface area contributed by atoms with Gasteiger partial charge in [0.2, 0.25) is 0 Å². The molecule has 0 saturated carbocycles. The third-order valence-corrected chi connectivity index (χ3v) is 4.41. The molecule has 3 amide bonds. The molecule has 2 aliphatic heterocycles. The Morgan fingerprint density at radius 2 is 1.96 bits per heavy atom. The molecule has 2 saturated heterocycles. The predicted molar refractivity (Wildman–Crippen MR) is 89.8 cm³/mol. The molecule has 25 heavy (non-hydrogen) atoms.